The van der Waals surface area contributed by atoms with Gasteiger partial charge < -0.3 is 0 Å². The van der Waals surface area contributed by atoms with E-state index in [9.17, 15) is 4.91 Å². The molecule has 2 fully saturated rings. The van der Waals surface area contributed by atoms with Gasteiger partial charge >= 0.3 is 0 Å². The fourth-order valence-electron chi connectivity index (χ4n) is 4.08. The second-order valence-electron chi connectivity index (χ2n) is 5.63. The first-order chi connectivity index (χ1) is 7.63. The van der Waals surface area contributed by atoms with E-state index >= 15 is 0 Å². The lowest BCUT2D eigenvalue weighted by molar-refractivity contribution is 0.121. The van der Waals surface area contributed by atoms with E-state index in [2.05, 4.69) is 33.0 Å². The summed E-state index contributed by atoms with van der Waals surface area (Å²) in [7, 11) is 0. The summed E-state index contributed by atoms with van der Waals surface area (Å²) in [5.41, 5.74) is 1.86. The highest BCUT2D eigenvalue weighted by molar-refractivity contribution is 9.11. The van der Waals surface area contributed by atoms with Gasteiger partial charge in [0.15, 0.2) is 0 Å². The lowest BCUT2D eigenvalue weighted by Crippen LogP contribution is -2.37. The molecule has 0 aliphatic heterocycles. The van der Waals surface area contributed by atoms with Crippen molar-refractivity contribution in [2.45, 2.75) is 52.0 Å². The third kappa shape index (κ3) is 1.77. The van der Waals surface area contributed by atoms with Crippen LogP contribution in [0.5, 0.6) is 0 Å². The van der Waals surface area contributed by atoms with E-state index in [4.69, 9.17) is 0 Å². The van der Waals surface area contributed by atoms with Crippen LogP contribution in [0, 0.1) is 22.2 Å². The van der Waals surface area contributed by atoms with Gasteiger partial charge in [0.05, 0.1) is 6.04 Å². The number of hydrogen-bond acceptors (Lipinski definition) is 2. The summed E-state index contributed by atoms with van der Waals surface area (Å²) in [5.74, 6) is 1.16. The van der Waals surface area contributed by atoms with Gasteiger partial charge in [0.25, 0.3) is 0 Å². The van der Waals surface area contributed by atoms with Crippen LogP contribution in [0.1, 0.15) is 46.0 Å². The Morgan fingerprint density at radius 3 is 2.94 bits per heavy atom. The predicted octanol–water partition coefficient (Wildman–Crippen LogP) is 4.64. The SMILES string of the molecule is C[C@@H](N=O)[C@H]1CCC2/C(=C/Br)CCC[C@@]21C. The number of nitrogens with zero attached hydrogens (tertiary/aromatic N) is 1. The fourth-order valence-corrected chi connectivity index (χ4v) is 4.62. The molecule has 0 aromatic heterocycles. The molecule has 1 unspecified atom stereocenters. The Balaban J connectivity index is 2.27. The average Bonchev–Trinajstić information content (AvgIpc) is 2.64. The summed E-state index contributed by atoms with van der Waals surface area (Å²) in [6.07, 6.45) is 6.14. The van der Waals surface area contributed by atoms with Gasteiger partial charge in [-0.1, -0.05) is 33.6 Å². The van der Waals surface area contributed by atoms with Gasteiger partial charge in [-0.15, -0.1) is 0 Å². The van der Waals surface area contributed by atoms with Gasteiger partial charge in [-0.05, 0) is 61.3 Å². The summed E-state index contributed by atoms with van der Waals surface area (Å²) >= 11 is 3.50. The molecule has 2 saturated carbocycles. The predicted molar refractivity (Wildman–Crippen MR) is 70.4 cm³/mol. The average molecular weight is 286 g/mol. The number of allylic oxidation sites excluding steroid dienone is 1. The van der Waals surface area contributed by atoms with Crippen LogP contribution >= 0.6 is 15.9 Å². The Kier molecular flexibility index (Phi) is 3.53. The number of rotatable bonds is 2. The largest absolute Gasteiger partial charge is 0.151 e. The van der Waals surface area contributed by atoms with Crippen LogP contribution < -0.4 is 0 Å². The zero-order chi connectivity index (χ0) is 11.8. The summed E-state index contributed by atoms with van der Waals surface area (Å²) < 4.78 is 0. The second kappa shape index (κ2) is 4.59. The third-order valence-electron chi connectivity index (χ3n) is 4.93. The highest BCUT2D eigenvalue weighted by atomic mass is 79.9. The second-order valence-corrected chi connectivity index (χ2v) is 6.08. The molecule has 0 bridgehead atoms. The highest BCUT2D eigenvalue weighted by Crippen LogP contribution is 2.58. The molecule has 2 rings (SSSR count). The number of halogens is 1. The minimum Gasteiger partial charge on any atom is -0.151 e. The molecule has 0 spiro atoms. The van der Waals surface area contributed by atoms with Crippen molar-refractivity contribution in [3.63, 3.8) is 0 Å². The van der Waals surface area contributed by atoms with E-state index in [1.165, 1.54) is 32.1 Å². The zero-order valence-corrected chi connectivity index (χ0v) is 11.7. The van der Waals surface area contributed by atoms with Crippen molar-refractivity contribution in [3.8, 4) is 0 Å². The molecule has 0 heterocycles. The lowest BCUT2D eigenvalue weighted by atomic mass is 9.62. The zero-order valence-electron chi connectivity index (χ0n) is 10.1. The van der Waals surface area contributed by atoms with Crippen molar-refractivity contribution in [3.05, 3.63) is 15.5 Å². The van der Waals surface area contributed by atoms with Crippen molar-refractivity contribution in [2.24, 2.45) is 22.4 Å². The van der Waals surface area contributed by atoms with E-state index < -0.39 is 0 Å². The van der Waals surface area contributed by atoms with Crippen molar-refractivity contribution >= 4 is 15.9 Å². The summed E-state index contributed by atoms with van der Waals surface area (Å²) in [6.45, 7) is 4.35. The molecule has 0 radical (unpaired) electrons. The van der Waals surface area contributed by atoms with Crippen LogP contribution in [0.4, 0.5) is 0 Å². The van der Waals surface area contributed by atoms with Gasteiger partial charge in [0, 0.05) is 0 Å². The van der Waals surface area contributed by atoms with E-state index in [1.54, 1.807) is 5.57 Å². The van der Waals surface area contributed by atoms with Crippen molar-refractivity contribution < 1.29 is 0 Å². The standard InChI is InChI=1S/C13H20BrNO/c1-9(15-16)11-5-6-12-10(8-14)4-3-7-13(11,12)2/h8-9,11-12H,3-7H2,1-2H3/b10-8+/t9-,11-,12?,13-/m1/s1. The van der Waals surface area contributed by atoms with Crippen molar-refractivity contribution in [1.29, 1.82) is 0 Å². The summed E-state index contributed by atoms with van der Waals surface area (Å²) in [6, 6.07) is -0.0234. The first kappa shape index (κ1) is 12.3. The minimum absolute atomic E-state index is 0.0234. The van der Waals surface area contributed by atoms with Crippen LogP contribution in [-0.4, -0.2) is 6.04 Å². The summed E-state index contributed by atoms with van der Waals surface area (Å²) in [4.78, 5) is 12.9. The number of nitroso groups, excluding NO2 is 1. The van der Waals surface area contributed by atoms with Crippen LogP contribution in [-0.2, 0) is 0 Å². The monoisotopic (exact) mass is 285 g/mol. The molecule has 0 saturated heterocycles. The molecule has 0 amide bonds. The Morgan fingerprint density at radius 1 is 1.56 bits per heavy atom. The van der Waals surface area contributed by atoms with Gasteiger partial charge in [0.2, 0.25) is 0 Å². The molecule has 2 nitrogen and oxygen atoms in total. The third-order valence-corrected chi connectivity index (χ3v) is 5.51. The molecule has 4 atom stereocenters. The van der Waals surface area contributed by atoms with E-state index in [0.29, 0.717) is 17.3 Å². The highest BCUT2D eigenvalue weighted by Gasteiger charge is 2.51. The topological polar surface area (TPSA) is 29.4 Å². The first-order valence-electron chi connectivity index (χ1n) is 6.25. The van der Waals surface area contributed by atoms with Crippen molar-refractivity contribution in [1.82, 2.24) is 0 Å². The summed E-state index contributed by atoms with van der Waals surface area (Å²) in [5, 5.41) is 3.28. The molecule has 90 valence electrons. The van der Waals surface area contributed by atoms with Gasteiger partial charge in [-0.2, -0.15) is 4.91 Å². The van der Waals surface area contributed by atoms with E-state index in [-0.39, 0.29) is 6.04 Å². The Labute approximate surface area is 106 Å². The fraction of sp³-hybridized carbons (Fsp3) is 0.846. The Hall–Kier alpha value is -0.180. The van der Waals surface area contributed by atoms with E-state index in [1.807, 2.05) is 6.92 Å². The maximum Gasteiger partial charge on any atom is 0.0925 e. The van der Waals surface area contributed by atoms with Gasteiger partial charge in [-0.25, -0.2) is 0 Å². The molecule has 0 aromatic rings. The number of hydrogen-bond donors (Lipinski definition) is 0. The molecule has 2 aliphatic carbocycles. The molecule has 16 heavy (non-hydrogen) atoms. The molecular formula is C13H20BrNO. The molecule has 0 aromatic carbocycles. The minimum atomic E-state index is -0.0234. The van der Waals surface area contributed by atoms with Crippen LogP contribution in [0.25, 0.3) is 0 Å². The van der Waals surface area contributed by atoms with Crippen LogP contribution in [0.15, 0.2) is 15.7 Å². The Morgan fingerprint density at radius 2 is 2.31 bits per heavy atom. The van der Waals surface area contributed by atoms with Crippen molar-refractivity contribution in [2.75, 3.05) is 0 Å². The molecular weight excluding hydrogens is 266 g/mol. The Bertz CT molecular complexity index is 315. The van der Waals surface area contributed by atoms with Gasteiger partial charge in [-0.3, -0.25) is 0 Å². The van der Waals surface area contributed by atoms with Gasteiger partial charge in [0.1, 0.15) is 0 Å². The molecule has 3 heteroatoms. The van der Waals surface area contributed by atoms with E-state index in [0.717, 1.165) is 0 Å². The molecule has 2 aliphatic rings. The quantitative estimate of drug-likeness (QED) is 0.680. The maximum atomic E-state index is 10.8. The normalized spacial score (nSPS) is 43.1. The molecule has 0 N–H and O–H groups in total. The first-order valence-corrected chi connectivity index (χ1v) is 7.16. The smallest absolute Gasteiger partial charge is 0.0925 e. The van der Waals surface area contributed by atoms with Crippen LogP contribution in [0.3, 0.4) is 0 Å². The lowest BCUT2D eigenvalue weighted by Gasteiger charge is -2.42. The van der Waals surface area contributed by atoms with Crippen LogP contribution in [0.2, 0.25) is 0 Å². The maximum absolute atomic E-state index is 10.8. The number of fused-ring (bicyclic) bond motifs is 1.